The third-order valence-corrected chi connectivity index (χ3v) is 3.33. The van der Waals surface area contributed by atoms with Gasteiger partial charge in [0.1, 0.15) is 11.5 Å². The molecule has 0 aliphatic rings. The molecule has 4 N–H and O–H groups in total. The Balaban J connectivity index is 2.37. The predicted molar refractivity (Wildman–Crippen MR) is 81.2 cm³/mol. The zero-order valence-corrected chi connectivity index (χ0v) is 12.2. The number of aromatic amines is 1. The molecule has 0 aliphatic heterocycles. The van der Waals surface area contributed by atoms with Gasteiger partial charge in [0.25, 0.3) is 5.56 Å². The number of anilines is 2. The van der Waals surface area contributed by atoms with Crippen molar-refractivity contribution in [3.8, 4) is 0 Å². The normalized spacial score (nSPS) is 10.8. The Morgan fingerprint density at radius 1 is 1.43 bits per heavy atom. The molecule has 0 aliphatic carbocycles. The maximum Gasteiger partial charge on any atom is 0.332 e. The number of nitrogens with zero attached hydrogens (tertiary/aromatic N) is 3. The van der Waals surface area contributed by atoms with Gasteiger partial charge in [0.2, 0.25) is 0 Å². The highest BCUT2D eigenvalue weighted by Gasteiger charge is 2.14. The summed E-state index contributed by atoms with van der Waals surface area (Å²) in [6, 6.07) is 0. The Morgan fingerprint density at radius 3 is 2.81 bits per heavy atom. The monoisotopic (exact) mass is 292 g/mol. The molecule has 8 heteroatoms. The van der Waals surface area contributed by atoms with Gasteiger partial charge in [0, 0.05) is 19.8 Å². The van der Waals surface area contributed by atoms with Gasteiger partial charge in [-0.15, -0.1) is 0 Å². The van der Waals surface area contributed by atoms with E-state index >= 15 is 0 Å². The van der Waals surface area contributed by atoms with Gasteiger partial charge in [-0.2, -0.15) is 0 Å². The molecule has 0 bridgehead atoms. The fourth-order valence-electron chi connectivity index (χ4n) is 2.05. The molecule has 0 saturated heterocycles. The topological polar surface area (TPSA) is 111 Å². The molecule has 0 unspecified atom stereocenters. The summed E-state index contributed by atoms with van der Waals surface area (Å²) in [7, 11) is 1.45. The lowest BCUT2D eigenvalue weighted by molar-refractivity contribution is 0.575. The molecule has 0 saturated carbocycles. The Bertz CT molecular complexity index is 713. The number of hydrogen-bond acceptors (Lipinski definition) is 5. The van der Waals surface area contributed by atoms with E-state index in [-0.39, 0.29) is 11.5 Å². The van der Waals surface area contributed by atoms with E-state index in [1.807, 2.05) is 6.92 Å². The molecule has 2 aromatic heterocycles. The number of rotatable bonds is 6. The van der Waals surface area contributed by atoms with Crippen LogP contribution < -0.4 is 22.3 Å². The first-order chi connectivity index (χ1) is 10.1. The second-order valence-corrected chi connectivity index (χ2v) is 4.84. The lowest BCUT2D eigenvalue weighted by atomic mass is 10.3. The molecular weight excluding hydrogens is 272 g/mol. The van der Waals surface area contributed by atoms with Gasteiger partial charge in [0.05, 0.1) is 18.6 Å². The summed E-state index contributed by atoms with van der Waals surface area (Å²) in [4.78, 5) is 31.1. The van der Waals surface area contributed by atoms with E-state index in [0.29, 0.717) is 13.1 Å². The summed E-state index contributed by atoms with van der Waals surface area (Å²) in [5, 5.41) is 2.98. The molecule has 21 heavy (non-hydrogen) atoms. The van der Waals surface area contributed by atoms with Crippen LogP contribution in [0, 0.1) is 0 Å². The van der Waals surface area contributed by atoms with Gasteiger partial charge in [-0.25, -0.2) is 9.78 Å². The maximum atomic E-state index is 12.2. The van der Waals surface area contributed by atoms with Crippen molar-refractivity contribution in [1.82, 2.24) is 19.1 Å². The van der Waals surface area contributed by atoms with Crippen LogP contribution in [0.4, 0.5) is 11.5 Å². The summed E-state index contributed by atoms with van der Waals surface area (Å²) < 4.78 is 2.50. The molecule has 2 heterocycles. The van der Waals surface area contributed by atoms with Gasteiger partial charge in [-0.1, -0.05) is 13.3 Å². The number of nitrogen functional groups attached to an aromatic ring is 1. The number of nitrogens with two attached hydrogens (primary N) is 1. The van der Waals surface area contributed by atoms with Crippen molar-refractivity contribution in [2.45, 2.75) is 32.9 Å². The summed E-state index contributed by atoms with van der Waals surface area (Å²) in [6.07, 6.45) is 4.97. The first kappa shape index (κ1) is 14.9. The van der Waals surface area contributed by atoms with Gasteiger partial charge in [0.15, 0.2) is 0 Å². The van der Waals surface area contributed by atoms with E-state index in [2.05, 4.69) is 15.3 Å². The first-order valence-corrected chi connectivity index (χ1v) is 6.86. The van der Waals surface area contributed by atoms with Crippen LogP contribution in [-0.4, -0.2) is 19.1 Å². The van der Waals surface area contributed by atoms with E-state index in [1.54, 1.807) is 12.5 Å². The van der Waals surface area contributed by atoms with Crippen molar-refractivity contribution in [3.05, 3.63) is 39.1 Å². The Kier molecular flexibility index (Phi) is 4.46. The molecule has 2 rings (SSSR count). The summed E-state index contributed by atoms with van der Waals surface area (Å²) in [5.41, 5.74) is 6.24. The minimum absolute atomic E-state index is 0.177. The SMILES string of the molecule is CCCCn1c(N)c(NCc2cnc[nH]2)c(=O)n(C)c1=O. The number of H-pyrrole nitrogens is 1. The average molecular weight is 292 g/mol. The summed E-state index contributed by atoms with van der Waals surface area (Å²) in [5.74, 6) is 0.177. The van der Waals surface area contributed by atoms with Crippen molar-refractivity contribution in [2.24, 2.45) is 7.05 Å². The fourth-order valence-corrected chi connectivity index (χ4v) is 2.05. The van der Waals surface area contributed by atoms with E-state index < -0.39 is 11.2 Å². The van der Waals surface area contributed by atoms with Crippen LogP contribution >= 0.6 is 0 Å². The third kappa shape index (κ3) is 2.99. The second-order valence-electron chi connectivity index (χ2n) is 4.84. The molecule has 2 aromatic rings. The largest absolute Gasteiger partial charge is 0.383 e. The van der Waals surface area contributed by atoms with Crippen LogP contribution in [0.3, 0.4) is 0 Å². The summed E-state index contributed by atoms with van der Waals surface area (Å²) in [6.45, 7) is 2.90. The highest BCUT2D eigenvalue weighted by Crippen LogP contribution is 2.12. The van der Waals surface area contributed by atoms with Crippen molar-refractivity contribution < 1.29 is 0 Å². The number of aromatic nitrogens is 4. The minimum atomic E-state index is -0.426. The molecule has 8 nitrogen and oxygen atoms in total. The lowest BCUT2D eigenvalue weighted by Crippen LogP contribution is -2.40. The van der Waals surface area contributed by atoms with E-state index in [4.69, 9.17) is 5.73 Å². The molecule has 114 valence electrons. The van der Waals surface area contributed by atoms with Crippen LogP contribution in [0.25, 0.3) is 0 Å². The Labute approximate surface area is 121 Å². The molecule has 0 atom stereocenters. The maximum absolute atomic E-state index is 12.2. The lowest BCUT2D eigenvalue weighted by Gasteiger charge is -2.15. The molecule has 0 fully saturated rings. The number of imidazole rings is 1. The zero-order valence-electron chi connectivity index (χ0n) is 12.2. The number of nitrogens with one attached hydrogen (secondary N) is 2. The van der Waals surface area contributed by atoms with E-state index in [1.165, 1.54) is 11.6 Å². The van der Waals surface area contributed by atoms with Gasteiger partial charge < -0.3 is 16.0 Å². The molecular formula is C13H20N6O2. The van der Waals surface area contributed by atoms with Crippen molar-refractivity contribution >= 4 is 11.5 Å². The van der Waals surface area contributed by atoms with E-state index in [0.717, 1.165) is 23.1 Å². The van der Waals surface area contributed by atoms with Crippen LogP contribution in [0.5, 0.6) is 0 Å². The quantitative estimate of drug-likeness (QED) is 0.707. The van der Waals surface area contributed by atoms with E-state index in [9.17, 15) is 9.59 Å². The van der Waals surface area contributed by atoms with Gasteiger partial charge >= 0.3 is 5.69 Å². The van der Waals surface area contributed by atoms with Gasteiger partial charge in [-0.05, 0) is 6.42 Å². The summed E-state index contributed by atoms with van der Waals surface area (Å²) >= 11 is 0. The zero-order chi connectivity index (χ0) is 15.4. The average Bonchev–Trinajstić information content (AvgIpc) is 2.98. The minimum Gasteiger partial charge on any atom is -0.383 e. The highest BCUT2D eigenvalue weighted by molar-refractivity contribution is 5.60. The fraction of sp³-hybridized carbons (Fsp3) is 0.462. The predicted octanol–water partition coefficient (Wildman–Crippen LogP) is 0.265. The number of unbranched alkanes of at least 4 members (excludes halogenated alkanes) is 1. The second kappa shape index (κ2) is 6.29. The molecule has 0 aromatic carbocycles. The van der Waals surface area contributed by atoms with Crippen molar-refractivity contribution in [1.29, 1.82) is 0 Å². The Morgan fingerprint density at radius 2 is 2.19 bits per heavy atom. The highest BCUT2D eigenvalue weighted by atomic mass is 16.2. The van der Waals surface area contributed by atoms with Crippen LogP contribution in [0.1, 0.15) is 25.5 Å². The smallest absolute Gasteiger partial charge is 0.332 e. The van der Waals surface area contributed by atoms with Crippen molar-refractivity contribution in [2.75, 3.05) is 11.1 Å². The number of hydrogen-bond donors (Lipinski definition) is 3. The van der Waals surface area contributed by atoms with Crippen LogP contribution in [0.15, 0.2) is 22.1 Å². The van der Waals surface area contributed by atoms with Crippen molar-refractivity contribution in [3.63, 3.8) is 0 Å². The first-order valence-electron chi connectivity index (χ1n) is 6.86. The molecule has 0 spiro atoms. The molecule has 0 radical (unpaired) electrons. The molecule has 0 amide bonds. The van der Waals surface area contributed by atoms with Gasteiger partial charge in [-0.3, -0.25) is 13.9 Å². The third-order valence-electron chi connectivity index (χ3n) is 3.33. The standard InChI is InChI=1S/C13H20N6O2/c1-3-4-5-19-11(14)10(12(20)18(2)13(19)21)16-7-9-6-15-8-17-9/h6,8,16H,3-5,7,14H2,1-2H3,(H,15,17). The van der Waals surface area contributed by atoms with Crippen LogP contribution in [0.2, 0.25) is 0 Å². The Hall–Kier alpha value is -2.51. The van der Waals surface area contributed by atoms with Crippen LogP contribution in [-0.2, 0) is 20.1 Å².